The van der Waals surface area contributed by atoms with Crippen molar-refractivity contribution in [3.05, 3.63) is 60.6 Å². The Morgan fingerprint density at radius 2 is 1.95 bits per heavy atom. The monoisotopic (exact) mass is 279 g/mol. The summed E-state index contributed by atoms with van der Waals surface area (Å²) >= 11 is 0. The molecule has 0 saturated heterocycles. The second-order valence-electron chi connectivity index (χ2n) is 5.07. The number of para-hydroxylation sites is 1. The van der Waals surface area contributed by atoms with Crippen molar-refractivity contribution < 1.29 is 4.79 Å². The minimum absolute atomic E-state index is 0.0223. The summed E-state index contributed by atoms with van der Waals surface area (Å²) in [6.07, 6.45) is 6.64. The molecule has 0 aliphatic heterocycles. The first-order valence-corrected chi connectivity index (χ1v) is 6.97. The molecule has 1 amide bonds. The zero-order valence-electron chi connectivity index (χ0n) is 11.9. The third kappa shape index (κ3) is 2.94. The van der Waals surface area contributed by atoms with Crippen LogP contribution in [0.4, 0.5) is 5.69 Å². The van der Waals surface area contributed by atoms with Crippen molar-refractivity contribution in [2.24, 2.45) is 7.05 Å². The molecule has 0 unspecified atom stereocenters. The number of amides is 1. The zero-order valence-corrected chi connectivity index (χ0v) is 11.9. The van der Waals surface area contributed by atoms with Crippen molar-refractivity contribution in [3.8, 4) is 0 Å². The molecule has 0 atom stereocenters. The third-order valence-electron chi connectivity index (χ3n) is 3.56. The maximum atomic E-state index is 12.0. The lowest BCUT2D eigenvalue weighted by molar-refractivity contribution is -0.116. The van der Waals surface area contributed by atoms with Gasteiger partial charge in [0.1, 0.15) is 0 Å². The molecule has 0 fully saturated rings. The maximum Gasteiger partial charge on any atom is 0.224 e. The van der Waals surface area contributed by atoms with E-state index in [4.69, 9.17) is 0 Å². The molecule has 0 radical (unpaired) electrons. The van der Waals surface area contributed by atoms with Gasteiger partial charge in [0.2, 0.25) is 5.91 Å². The van der Waals surface area contributed by atoms with Gasteiger partial charge in [-0.05, 0) is 30.2 Å². The Hall–Kier alpha value is -2.62. The second-order valence-corrected chi connectivity index (χ2v) is 5.07. The molecule has 0 aliphatic carbocycles. The minimum atomic E-state index is 0.0223. The van der Waals surface area contributed by atoms with Gasteiger partial charge >= 0.3 is 0 Å². The second kappa shape index (κ2) is 5.79. The molecule has 3 aromatic rings. The number of fused-ring (bicyclic) bond motifs is 1. The van der Waals surface area contributed by atoms with E-state index in [1.54, 1.807) is 24.5 Å². The highest BCUT2D eigenvalue weighted by Gasteiger charge is 2.08. The van der Waals surface area contributed by atoms with Crippen molar-refractivity contribution in [2.45, 2.75) is 12.8 Å². The molecular weight excluding hydrogens is 262 g/mol. The van der Waals surface area contributed by atoms with E-state index in [1.165, 1.54) is 16.5 Å². The lowest BCUT2D eigenvalue weighted by Crippen LogP contribution is -2.12. The fourth-order valence-corrected chi connectivity index (χ4v) is 2.53. The molecule has 2 aromatic heterocycles. The summed E-state index contributed by atoms with van der Waals surface area (Å²) in [5, 5.41) is 4.10. The number of anilines is 1. The van der Waals surface area contributed by atoms with E-state index in [0.717, 1.165) is 12.1 Å². The Kier molecular flexibility index (Phi) is 3.69. The van der Waals surface area contributed by atoms with Crippen LogP contribution in [0.3, 0.4) is 0 Å². The predicted molar refractivity (Wildman–Crippen MR) is 84.1 cm³/mol. The van der Waals surface area contributed by atoms with Gasteiger partial charge in [-0.25, -0.2) is 0 Å². The largest absolute Gasteiger partial charge is 0.350 e. The van der Waals surface area contributed by atoms with Crippen LogP contribution >= 0.6 is 0 Å². The first kappa shape index (κ1) is 13.4. The van der Waals surface area contributed by atoms with E-state index >= 15 is 0 Å². The molecule has 0 bridgehead atoms. The first-order chi connectivity index (χ1) is 10.2. The van der Waals surface area contributed by atoms with Crippen LogP contribution in [0.5, 0.6) is 0 Å². The molecule has 106 valence electrons. The molecule has 1 N–H and O–H groups in total. The van der Waals surface area contributed by atoms with E-state index in [-0.39, 0.29) is 5.91 Å². The highest BCUT2D eigenvalue weighted by molar-refractivity contribution is 5.91. The van der Waals surface area contributed by atoms with Gasteiger partial charge in [0.05, 0.1) is 0 Å². The van der Waals surface area contributed by atoms with Crippen molar-refractivity contribution >= 4 is 22.5 Å². The predicted octanol–water partition coefficient (Wildman–Crippen LogP) is 3.14. The third-order valence-corrected chi connectivity index (χ3v) is 3.56. The number of carbonyl (C=O) groups is 1. The number of hydrogen-bond acceptors (Lipinski definition) is 2. The van der Waals surface area contributed by atoms with E-state index in [1.807, 2.05) is 19.2 Å². The molecule has 1 aromatic carbocycles. The summed E-state index contributed by atoms with van der Waals surface area (Å²) in [6, 6.07) is 11.8. The van der Waals surface area contributed by atoms with E-state index in [0.29, 0.717) is 6.42 Å². The lowest BCUT2D eigenvalue weighted by Gasteiger charge is -2.04. The summed E-state index contributed by atoms with van der Waals surface area (Å²) in [4.78, 5) is 15.9. The smallest absolute Gasteiger partial charge is 0.224 e. The number of aryl methyl sites for hydroxylation is 2. The minimum Gasteiger partial charge on any atom is -0.350 e. The Bertz CT molecular complexity index is 762. The molecule has 0 aliphatic rings. The van der Waals surface area contributed by atoms with Crippen LogP contribution in [-0.2, 0) is 18.3 Å². The zero-order chi connectivity index (χ0) is 14.7. The van der Waals surface area contributed by atoms with E-state index < -0.39 is 0 Å². The first-order valence-electron chi connectivity index (χ1n) is 6.97. The Labute approximate surface area is 123 Å². The molecule has 4 heteroatoms. The van der Waals surface area contributed by atoms with Crippen molar-refractivity contribution in [1.29, 1.82) is 0 Å². The Morgan fingerprint density at radius 3 is 2.76 bits per heavy atom. The van der Waals surface area contributed by atoms with Crippen LogP contribution in [0.15, 0.2) is 55.0 Å². The molecule has 4 nitrogen and oxygen atoms in total. The summed E-state index contributed by atoms with van der Waals surface area (Å²) < 4.78 is 2.10. The highest BCUT2D eigenvalue weighted by atomic mass is 16.1. The highest BCUT2D eigenvalue weighted by Crippen LogP contribution is 2.21. The maximum absolute atomic E-state index is 12.0. The number of pyridine rings is 1. The average molecular weight is 279 g/mol. The van der Waals surface area contributed by atoms with Gasteiger partial charge in [0.25, 0.3) is 0 Å². The van der Waals surface area contributed by atoms with Gasteiger partial charge in [0, 0.05) is 48.6 Å². The normalized spacial score (nSPS) is 10.7. The molecule has 21 heavy (non-hydrogen) atoms. The van der Waals surface area contributed by atoms with Crippen LogP contribution < -0.4 is 5.32 Å². The number of nitrogens with zero attached hydrogens (tertiary/aromatic N) is 2. The molecular formula is C17H17N3O. The van der Waals surface area contributed by atoms with Crippen LogP contribution in [0, 0.1) is 0 Å². The summed E-state index contributed by atoms with van der Waals surface area (Å²) in [5.41, 5.74) is 3.19. The number of rotatable bonds is 4. The molecule has 0 saturated carbocycles. The standard InChI is InChI=1S/C17H17N3O/c1-20-12-13(15-4-2-3-5-16(15)20)6-7-17(21)19-14-8-10-18-11-9-14/h2-5,8-12H,6-7H2,1H3,(H,18,19,21). The van der Waals surface area contributed by atoms with Gasteiger partial charge < -0.3 is 9.88 Å². The SMILES string of the molecule is Cn1cc(CCC(=O)Nc2ccncc2)c2ccccc21. The van der Waals surface area contributed by atoms with Crippen molar-refractivity contribution in [2.75, 3.05) is 5.32 Å². The fourth-order valence-electron chi connectivity index (χ4n) is 2.53. The number of benzene rings is 1. The van der Waals surface area contributed by atoms with Crippen LogP contribution in [-0.4, -0.2) is 15.5 Å². The summed E-state index contributed by atoms with van der Waals surface area (Å²) in [7, 11) is 2.03. The molecule has 0 spiro atoms. The topological polar surface area (TPSA) is 46.9 Å². The van der Waals surface area contributed by atoms with Crippen LogP contribution in [0.1, 0.15) is 12.0 Å². The number of carbonyl (C=O) groups excluding carboxylic acids is 1. The quantitative estimate of drug-likeness (QED) is 0.797. The summed E-state index contributed by atoms with van der Waals surface area (Å²) in [6.45, 7) is 0. The van der Waals surface area contributed by atoms with E-state index in [9.17, 15) is 4.79 Å². The van der Waals surface area contributed by atoms with E-state index in [2.05, 4.69) is 33.2 Å². The van der Waals surface area contributed by atoms with Crippen LogP contribution in [0.2, 0.25) is 0 Å². The van der Waals surface area contributed by atoms with Gasteiger partial charge in [0.15, 0.2) is 0 Å². The molecule has 3 rings (SSSR count). The van der Waals surface area contributed by atoms with Gasteiger partial charge in [-0.3, -0.25) is 9.78 Å². The van der Waals surface area contributed by atoms with Gasteiger partial charge in [-0.1, -0.05) is 18.2 Å². The number of nitrogens with one attached hydrogen (secondary N) is 1. The van der Waals surface area contributed by atoms with Gasteiger partial charge in [-0.2, -0.15) is 0 Å². The Morgan fingerprint density at radius 1 is 1.19 bits per heavy atom. The summed E-state index contributed by atoms with van der Waals surface area (Å²) in [5.74, 6) is 0.0223. The molecule has 2 heterocycles. The number of aromatic nitrogens is 2. The van der Waals surface area contributed by atoms with Gasteiger partial charge in [-0.15, -0.1) is 0 Å². The van der Waals surface area contributed by atoms with Crippen molar-refractivity contribution in [1.82, 2.24) is 9.55 Å². The number of hydrogen-bond donors (Lipinski definition) is 1. The average Bonchev–Trinajstić information content (AvgIpc) is 2.83. The fraction of sp³-hybridized carbons (Fsp3) is 0.176. The lowest BCUT2D eigenvalue weighted by atomic mass is 10.1. The van der Waals surface area contributed by atoms with Crippen molar-refractivity contribution in [3.63, 3.8) is 0 Å². The van der Waals surface area contributed by atoms with Crippen LogP contribution in [0.25, 0.3) is 10.9 Å². The Balaban J connectivity index is 1.68.